The molecule has 0 aromatic carbocycles. The van der Waals surface area contributed by atoms with E-state index in [0.717, 1.165) is 64.2 Å². The molecule has 0 bridgehead atoms. The minimum Gasteiger partial charge on any atom is -0.481 e. The van der Waals surface area contributed by atoms with E-state index in [-0.39, 0.29) is 52.0 Å². The molecule has 9 nitrogen and oxygen atoms in total. The first-order valence-corrected chi connectivity index (χ1v) is 21.3. The second-order valence-corrected chi connectivity index (χ2v) is 22.6. The molecule has 312 valence electrons. The summed E-state index contributed by atoms with van der Waals surface area (Å²) in [5.41, 5.74) is -1.31. The lowest BCUT2D eigenvalue weighted by molar-refractivity contribution is -0.252. The number of hydrogen-bond donors (Lipinski definition) is 2. The van der Waals surface area contributed by atoms with Crippen LogP contribution in [0.4, 0.5) is 4.79 Å². The highest BCUT2D eigenvalue weighted by atomic mass is 16.6. The van der Waals surface area contributed by atoms with Crippen molar-refractivity contribution in [3.05, 3.63) is 12.2 Å². The quantitative estimate of drug-likeness (QED) is 0.128. The van der Waals surface area contributed by atoms with Gasteiger partial charge < -0.3 is 24.6 Å². The Morgan fingerprint density at radius 2 is 1.44 bits per heavy atom. The molecule has 5 aliphatic carbocycles. The number of carbonyl (C=O) groups is 4. The SMILES string of the molecule is C=C(C)[C@@H]1CC[C@]2(COC(=O)C(C)(C)NC(=O)OC(C)(C)C)CC[C@]3(C)[C@H](CCC4[C@@]5(C)CC[C@H](OC(=O)CC(C)(C)CC(=O)O)C(C)(C)C5CC[C@]43C)C12. The largest absolute Gasteiger partial charge is 0.481 e. The number of carboxylic acids is 1. The minimum absolute atomic E-state index is 0.0668. The molecule has 3 unspecified atom stereocenters. The molecule has 5 aliphatic rings. The van der Waals surface area contributed by atoms with Gasteiger partial charge in [-0.2, -0.15) is 0 Å². The van der Waals surface area contributed by atoms with Crippen molar-refractivity contribution in [1.82, 2.24) is 5.32 Å². The van der Waals surface area contributed by atoms with Crippen molar-refractivity contribution >= 4 is 24.0 Å². The smallest absolute Gasteiger partial charge is 0.408 e. The molecule has 0 aromatic rings. The number of ether oxygens (including phenoxy) is 3. The zero-order valence-corrected chi connectivity index (χ0v) is 36.7. The summed E-state index contributed by atoms with van der Waals surface area (Å²) in [4.78, 5) is 50.9. The van der Waals surface area contributed by atoms with Crippen molar-refractivity contribution in [2.24, 2.45) is 62.1 Å². The number of rotatable bonds is 10. The van der Waals surface area contributed by atoms with Gasteiger partial charge in [0.1, 0.15) is 17.2 Å². The Bertz CT molecular complexity index is 1540. The first-order chi connectivity index (χ1) is 25.0. The van der Waals surface area contributed by atoms with Gasteiger partial charge in [0, 0.05) is 10.8 Å². The zero-order chi connectivity index (χ0) is 41.4. The first-order valence-electron chi connectivity index (χ1n) is 21.3. The van der Waals surface area contributed by atoms with Gasteiger partial charge >= 0.3 is 24.0 Å². The van der Waals surface area contributed by atoms with Gasteiger partial charge in [-0.15, -0.1) is 0 Å². The number of hydrogen-bond acceptors (Lipinski definition) is 7. The Morgan fingerprint density at radius 1 is 0.782 bits per heavy atom. The molecule has 0 aliphatic heterocycles. The van der Waals surface area contributed by atoms with Crippen LogP contribution in [0, 0.1) is 62.1 Å². The second-order valence-electron chi connectivity index (χ2n) is 22.6. The molecular weight excluding hydrogens is 695 g/mol. The van der Waals surface area contributed by atoms with Gasteiger partial charge in [-0.05, 0) is 157 Å². The molecule has 9 heteroatoms. The molecule has 2 N–H and O–H groups in total. The molecule has 5 rings (SSSR count). The van der Waals surface area contributed by atoms with Crippen LogP contribution in [-0.2, 0) is 28.6 Å². The molecule has 0 heterocycles. The van der Waals surface area contributed by atoms with E-state index >= 15 is 0 Å². The molecule has 0 spiro atoms. The van der Waals surface area contributed by atoms with E-state index in [9.17, 15) is 24.3 Å². The van der Waals surface area contributed by atoms with Gasteiger partial charge in [0.15, 0.2) is 0 Å². The number of allylic oxidation sites excluding steroid dienone is 1. The number of carbonyl (C=O) groups excluding carboxylic acids is 3. The third-order valence-corrected chi connectivity index (χ3v) is 16.5. The standard InChI is InChI=1S/C46H75NO8/c1-28(2)29-17-22-46(27-53-37(51)42(10,11)47-38(52)55-39(3,4)5)24-23-44(13)30(36(29)46)15-16-32-43(12)20-19-33(41(8,9)31(43)18-21-45(32,44)14)54-35(50)26-40(6,7)25-34(48)49/h29-33,36H,1,15-27H2,2-14H3,(H,47,52)(H,48,49)/t29-,30+,31?,32?,33-,36?,43-,44+,45+,46+/m0/s1. The highest BCUT2D eigenvalue weighted by Gasteiger charge is 2.71. The summed E-state index contributed by atoms with van der Waals surface area (Å²) in [6, 6.07) is 0. The van der Waals surface area contributed by atoms with E-state index in [1.807, 2.05) is 13.8 Å². The molecule has 0 aromatic heterocycles. The summed E-state index contributed by atoms with van der Waals surface area (Å²) >= 11 is 0. The molecule has 1 amide bonds. The fourth-order valence-electron chi connectivity index (χ4n) is 13.8. The summed E-state index contributed by atoms with van der Waals surface area (Å²) in [6.07, 6.45) is 9.76. The van der Waals surface area contributed by atoms with E-state index in [1.54, 1.807) is 34.6 Å². The summed E-state index contributed by atoms with van der Waals surface area (Å²) in [5.74, 6) is 0.567. The fraction of sp³-hybridized carbons (Fsp3) is 0.870. The average Bonchev–Trinajstić information content (AvgIpc) is 3.39. The van der Waals surface area contributed by atoms with Gasteiger partial charge in [0.25, 0.3) is 0 Å². The summed E-state index contributed by atoms with van der Waals surface area (Å²) < 4.78 is 18.0. The van der Waals surface area contributed by atoms with Crippen LogP contribution >= 0.6 is 0 Å². The van der Waals surface area contributed by atoms with Crippen LogP contribution in [-0.4, -0.2) is 53.0 Å². The van der Waals surface area contributed by atoms with Crippen molar-refractivity contribution in [2.45, 2.75) is 184 Å². The molecule has 10 atom stereocenters. The maximum absolute atomic E-state index is 13.6. The third kappa shape index (κ3) is 7.86. The maximum atomic E-state index is 13.6. The summed E-state index contributed by atoms with van der Waals surface area (Å²) in [7, 11) is 0. The number of fused-ring (bicyclic) bond motifs is 7. The molecule has 0 saturated heterocycles. The Morgan fingerprint density at radius 3 is 2.04 bits per heavy atom. The van der Waals surface area contributed by atoms with Gasteiger partial charge in [0.2, 0.25) is 0 Å². The number of aliphatic carboxylic acids is 1. The van der Waals surface area contributed by atoms with Crippen LogP contribution in [0.15, 0.2) is 12.2 Å². The lowest BCUT2D eigenvalue weighted by Gasteiger charge is -2.73. The van der Waals surface area contributed by atoms with Crippen LogP contribution < -0.4 is 5.32 Å². The Labute approximate surface area is 332 Å². The first kappa shape index (κ1) is 43.5. The lowest BCUT2D eigenvalue weighted by atomic mass is 9.32. The number of carboxylic acid groups (broad SMARTS) is 1. The fourth-order valence-corrected chi connectivity index (χ4v) is 13.8. The number of amides is 1. The van der Waals surface area contributed by atoms with Crippen molar-refractivity contribution in [2.75, 3.05) is 6.61 Å². The van der Waals surface area contributed by atoms with E-state index in [2.05, 4.69) is 53.4 Å². The molecule has 5 fully saturated rings. The predicted molar refractivity (Wildman–Crippen MR) is 214 cm³/mol. The van der Waals surface area contributed by atoms with Gasteiger partial charge in [-0.25, -0.2) is 9.59 Å². The van der Waals surface area contributed by atoms with E-state index in [1.165, 1.54) is 5.57 Å². The topological polar surface area (TPSA) is 128 Å². The van der Waals surface area contributed by atoms with Crippen molar-refractivity contribution in [3.63, 3.8) is 0 Å². The minimum atomic E-state index is -1.23. The molecule has 55 heavy (non-hydrogen) atoms. The van der Waals surface area contributed by atoms with E-state index in [4.69, 9.17) is 14.2 Å². The normalized spacial score (nSPS) is 38.3. The number of esters is 2. The van der Waals surface area contributed by atoms with Crippen molar-refractivity contribution < 1.29 is 38.5 Å². The van der Waals surface area contributed by atoms with Gasteiger partial charge in [-0.3, -0.25) is 9.59 Å². The number of nitrogens with one attached hydrogen (secondary N) is 1. The Kier molecular flexibility index (Phi) is 11.4. The van der Waals surface area contributed by atoms with Crippen LogP contribution in [0.1, 0.15) is 167 Å². The highest BCUT2D eigenvalue weighted by Crippen LogP contribution is 2.77. The van der Waals surface area contributed by atoms with Crippen LogP contribution in [0.3, 0.4) is 0 Å². The lowest BCUT2D eigenvalue weighted by Crippen LogP contribution is -2.67. The van der Waals surface area contributed by atoms with Crippen LogP contribution in [0.2, 0.25) is 0 Å². The second kappa shape index (κ2) is 14.4. The van der Waals surface area contributed by atoms with Crippen LogP contribution in [0.5, 0.6) is 0 Å². The van der Waals surface area contributed by atoms with Gasteiger partial charge in [-0.1, -0.05) is 60.6 Å². The zero-order valence-electron chi connectivity index (χ0n) is 36.7. The number of alkyl carbamates (subject to hydrolysis) is 1. The molecule has 5 saturated carbocycles. The van der Waals surface area contributed by atoms with E-state index < -0.39 is 34.6 Å². The molecule has 0 radical (unpaired) electrons. The highest BCUT2D eigenvalue weighted by molar-refractivity contribution is 5.85. The van der Waals surface area contributed by atoms with E-state index in [0.29, 0.717) is 36.2 Å². The van der Waals surface area contributed by atoms with Crippen molar-refractivity contribution in [1.29, 1.82) is 0 Å². The predicted octanol–water partition coefficient (Wildman–Crippen LogP) is 10.3. The van der Waals surface area contributed by atoms with Gasteiger partial charge in [0.05, 0.1) is 19.4 Å². The molecular formula is C46H75NO8. The average molecular weight is 770 g/mol. The monoisotopic (exact) mass is 770 g/mol. The third-order valence-electron chi connectivity index (χ3n) is 16.5. The summed E-state index contributed by atoms with van der Waals surface area (Å²) in [5, 5.41) is 12.1. The maximum Gasteiger partial charge on any atom is 0.408 e. The summed E-state index contributed by atoms with van der Waals surface area (Å²) in [6.45, 7) is 31.8. The Hall–Kier alpha value is -2.58. The van der Waals surface area contributed by atoms with Crippen molar-refractivity contribution in [3.8, 4) is 0 Å². The Balaban J connectivity index is 1.35. The van der Waals surface area contributed by atoms with Crippen LogP contribution in [0.25, 0.3) is 0 Å².